The molecule has 0 spiro atoms. The number of hydrogen-bond acceptors (Lipinski definition) is 6. The van der Waals surface area contributed by atoms with Gasteiger partial charge >= 0.3 is 12.2 Å². The van der Waals surface area contributed by atoms with E-state index >= 15 is 0 Å². The molecule has 0 aliphatic carbocycles. The van der Waals surface area contributed by atoms with E-state index < -0.39 is 23.4 Å². The average molecular weight is 436 g/mol. The lowest BCUT2D eigenvalue weighted by Gasteiger charge is -2.26. The van der Waals surface area contributed by atoms with E-state index in [0.717, 1.165) is 12.8 Å². The highest BCUT2D eigenvalue weighted by Gasteiger charge is 2.24. The molecule has 0 aliphatic heterocycles. The number of Topliss-reactive ketones (excluding diaryl/α,β-unsaturated/α-hetero) is 1. The monoisotopic (exact) mass is 435 g/mol. The molecule has 1 aromatic rings. The molecule has 8 nitrogen and oxygen atoms in total. The molecule has 1 aromatic heterocycles. The molecule has 1 heterocycles. The van der Waals surface area contributed by atoms with Crippen molar-refractivity contribution in [3.63, 3.8) is 0 Å². The number of alkyl carbamates (subject to hydrolysis) is 1. The van der Waals surface area contributed by atoms with Gasteiger partial charge in [0.1, 0.15) is 17.0 Å². The Balaban J connectivity index is 2.65. The van der Waals surface area contributed by atoms with Crippen LogP contribution in [-0.2, 0) is 9.47 Å². The summed E-state index contributed by atoms with van der Waals surface area (Å²) in [6, 6.07) is 3.32. The first-order chi connectivity index (χ1) is 14.3. The van der Waals surface area contributed by atoms with E-state index in [1.165, 1.54) is 11.1 Å². The third kappa shape index (κ3) is 10.8. The predicted octanol–water partition coefficient (Wildman–Crippen LogP) is 5.11. The van der Waals surface area contributed by atoms with Gasteiger partial charge in [-0.25, -0.2) is 14.6 Å². The van der Waals surface area contributed by atoms with Crippen LogP contribution in [0.3, 0.4) is 0 Å². The van der Waals surface area contributed by atoms with Crippen LogP contribution in [0.5, 0.6) is 0 Å². The van der Waals surface area contributed by atoms with E-state index in [2.05, 4.69) is 10.3 Å². The van der Waals surface area contributed by atoms with Gasteiger partial charge in [0, 0.05) is 31.3 Å². The molecular formula is C23H37N3O5. The van der Waals surface area contributed by atoms with Crippen LogP contribution >= 0.6 is 0 Å². The van der Waals surface area contributed by atoms with Gasteiger partial charge in [0.05, 0.1) is 0 Å². The third-order valence-corrected chi connectivity index (χ3v) is 3.94. The Hall–Kier alpha value is -2.64. The Morgan fingerprint density at radius 2 is 1.65 bits per heavy atom. The van der Waals surface area contributed by atoms with E-state index in [9.17, 15) is 14.4 Å². The van der Waals surface area contributed by atoms with Crippen LogP contribution in [0.1, 0.15) is 84.5 Å². The maximum absolute atomic E-state index is 12.6. The molecule has 0 saturated heterocycles. The van der Waals surface area contributed by atoms with Crippen molar-refractivity contribution in [2.45, 2.75) is 85.4 Å². The standard InChI is InChI=1S/C23H37N3O5/c1-8-9-15-26(21(29)31-23(5,6)7)19-13-12-17(16-25-19)18(27)11-10-14-24-20(28)30-22(2,3)4/h12-13,16H,8-11,14-15H2,1-7H3,(H,24,28). The number of carbonyl (C=O) groups is 3. The maximum atomic E-state index is 12.6. The lowest BCUT2D eigenvalue weighted by molar-refractivity contribution is 0.0523. The lowest BCUT2D eigenvalue weighted by Crippen LogP contribution is -2.38. The van der Waals surface area contributed by atoms with E-state index in [4.69, 9.17) is 9.47 Å². The Morgan fingerprint density at radius 3 is 2.16 bits per heavy atom. The van der Waals surface area contributed by atoms with Gasteiger partial charge in [0.2, 0.25) is 0 Å². The number of unbranched alkanes of at least 4 members (excludes halogenated alkanes) is 1. The van der Waals surface area contributed by atoms with Crippen molar-refractivity contribution in [3.8, 4) is 0 Å². The van der Waals surface area contributed by atoms with Crippen LogP contribution in [0.25, 0.3) is 0 Å². The molecule has 1 N–H and O–H groups in total. The van der Waals surface area contributed by atoms with Crippen LogP contribution in [0.2, 0.25) is 0 Å². The number of aromatic nitrogens is 1. The minimum atomic E-state index is -0.606. The minimum absolute atomic E-state index is 0.0811. The number of hydrogen-bond donors (Lipinski definition) is 1. The summed E-state index contributed by atoms with van der Waals surface area (Å²) in [5, 5.41) is 2.63. The number of ketones is 1. The van der Waals surface area contributed by atoms with Crippen molar-refractivity contribution in [1.29, 1.82) is 0 Å². The van der Waals surface area contributed by atoms with Gasteiger partial charge in [-0.2, -0.15) is 0 Å². The summed E-state index contributed by atoms with van der Waals surface area (Å²) in [4.78, 5) is 42.4. The molecule has 0 saturated carbocycles. The highest BCUT2D eigenvalue weighted by atomic mass is 16.6. The second-order valence-electron chi connectivity index (χ2n) is 9.35. The van der Waals surface area contributed by atoms with Gasteiger partial charge in [-0.3, -0.25) is 9.69 Å². The summed E-state index contributed by atoms with van der Waals surface area (Å²) in [6.07, 6.45) is 3.01. The molecule has 0 aromatic carbocycles. The number of nitrogens with zero attached hydrogens (tertiary/aromatic N) is 2. The van der Waals surface area contributed by atoms with Gasteiger partial charge in [-0.05, 0) is 66.5 Å². The average Bonchev–Trinajstić information content (AvgIpc) is 2.63. The number of nitrogens with one attached hydrogen (secondary N) is 1. The first-order valence-corrected chi connectivity index (χ1v) is 10.8. The zero-order chi connectivity index (χ0) is 23.7. The van der Waals surface area contributed by atoms with Crippen LogP contribution in [0.4, 0.5) is 15.4 Å². The molecule has 31 heavy (non-hydrogen) atoms. The number of anilines is 1. The highest BCUT2D eigenvalue weighted by Crippen LogP contribution is 2.18. The first-order valence-electron chi connectivity index (χ1n) is 10.8. The topological polar surface area (TPSA) is 97.8 Å². The van der Waals surface area contributed by atoms with Crippen molar-refractivity contribution in [2.24, 2.45) is 0 Å². The number of amides is 2. The number of rotatable bonds is 9. The molecule has 8 heteroatoms. The predicted molar refractivity (Wildman–Crippen MR) is 121 cm³/mol. The molecule has 0 fully saturated rings. The van der Waals surface area contributed by atoms with E-state index in [0.29, 0.717) is 30.9 Å². The van der Waals surface area contributed by atoms with Crippen molar-refractivity contribution >= 4 is 23.8 Å². The summed E-state index contributed by atoms with van der Waals surface area (Å²) in [5.41, 5.74) is -0.705. The van der Waals surface area contributed by atoms with Gasteiger partial charge in [-0.15, -0.1) is 0 Å². The van der Waals surface area contributed by atoms with E-state index in [-0.39, 0.29) is 12.2 Å². The fourth-order valence-corrected chi connectivity index (χ4v) is 2.54. The second kappa shape index (κ2) is 11.7. The zero-order valence-corrected chi connectivity index (χ0v) is 19.9. The first kappa shape index (κ1) is 26.4. The van der Waals surface area contributed by atoms with Gasteiger partial charge in [0.15, 0.2) is 5.78 Å². The molecule has 1 rings (SSSR count). The van der Waals surface area contributed by atoms with E-state index in [1.54, 1.807) is 32.9 Å². The molecule has 0 bridgehead atoms. The van der Waals surface area contributed by atoms with Crippen LogP contribution in [0, 0.1) is 0 Å². The largest absolute Gasteiger partial charge is 0.444 e. The smallest absolute Gasteiger partial charge is 0.416 e. The van der Waals surface area contributed by atoms with E-state index in [1.807, 2.05) is 27.7 Å². The maximum Gasteiger partial charge on any atom is 0.416 e. The molecule has 0 unspecified atom stereocenters. The van der Waals surface area contributed by atoms with Gasteiger partial charge in [0.25, 0.3) is 0 Å². The molecule has 0 aliphatic rings. The highest BCUT2D eigenvalue weighted by molar-refractivity contribution is 5.96. The number of ether oxygens (including phenoxy) is 2. The Bertz CT molecular complexity index is 733. The summed E-state index contributed by atoms with van der Waals surface area (Å²) in [6.45, 7) is 13.7. The molecular weight excluding hydrogens is 398 g/mol. The van der Waals surface area contributed by atoms with Crippen molar-refractivity contribution in [2.75, 3.05) is 18.0 Å². The Morgan fingerprint density at radius 1 is 1.00 bits per heavy atom. The summed E-state index contributed by atoms with van der Waals surface area (Å²) >= 11 is 0. The third-order valence-electron chi connectivity index (χ3n) is 3.94. The van der Waals surface area contributed by atoms with Crippen LogP contribution in [-0.4, -0.2) is 47.2 Å². The Labute approximate surface area is 185 Å². The second-order valence-corrected chi connectivity index (χ2v) is 9.35. The Kier molecular flexibility index (Phi) is 9.94. The molecule has 174 valence electrons. The van der Waals surface area contributed by atoms with Crippen molar-refractivity contribution in [3.05, 3.63) is 23.9 Å². The fourth-order valence-electron chi connectivity index (χ4n) is 2.54. The normalized spacial score (nSPS) is 11.6. The summed E-state index contributed by atoms with van der Waals surface area (Å²) in [5.74, 6) is 0.369. The minimum Gasteiger partial charge on any atom is -0.444 e. The quantitative estimate of drug-likeness (QED) is 0.427. The molecule has 0 atom stereocenters. The van der Waals surface area contributed by atoms with Crippen LogP contribution < -0.4 is 10.2 Å². The molecule has 0 radical (unpaired) electrons. The SMILES string of the molecule is CCCCN(C(=O)OC(C)(C)C)c1ccc(C(=O)CCCNC(=O)OC(C)(C)C)cn1. The number of pyridine rings is 1. The fraction of sp³-hybridized carbons (Fsp3) is 0.652. The summed E-state index contributed by atoms with van der Waals surface area (Å²) < 4.78 is 10.6. The summed E-state index contributed by atoms with van der Waals surface area (Å²) in [7, 11) is 0. The molecule has 2 amide bonds. The van der Waals surface area contributed by atoms with Crippen LogP contribution in [0.15, 0.2) is 18.3 Å². The van der Waals surface area contributed by atoms with Gasteiger partial charge < -0.3 is 14.8 Å². The van der Waals surface area contributed by atoms with Crippen molar-refractivity contribution < 1.29 is 23.9 Å². The number of carbonyl (C=O) groups excluding carboxylic acids is 3. The zero-order valence-electron chi connectivity index (χ0n) is 19.9. The lowest BCUT2D eigenvalue weighted by atomic mass is 10.1. The van der Waals surface area contributed by atoms with Crippen molar-refractivity contribution in [1.82, 2.24) is 10.3 Å². The van der Waals surface area contributed by atoms with Gasteiger partial charge in [-0.1, -0.05) is 13.3 Å².